The summed E-state index contributed by atoms with van der Waals surface area (Å²) in [5.74, 6) is -0.770. The first-order chi connectivity index (χ1) is 8.13. The van der Waals surface area contributed by atoms with Gasteiger partial charge in [-0.25, -0.2) is 4.79 Å². The van der Waals surface area contributed by atoms with Gasteiger partial charge in [-0.05, 0) is 23.6 Å². The van der Waals surface area contributed by atoms with Gasteiger partial charge in [-0.3, -0.25) is 4.79 Å². The van der Waals surface area contributed by atoms with Crippen LogP contribution in [-0.4, -0.2) is 28.4 Å². The lowest BCUT2D eigenvalue weighted by Crippen LogP contribution is -2.36. The first-order valence-electron chi connectivity index (χ1n) is 5.75. The Labute approximate surface area is 99.9 Å². The van der Waals surface area contributed by atoms with E-state index in [1.807, 2.05) is 13.0 Å². The van der Waals surface area contributed by atoms with Gasteiger partial charge in [0.2, 0.25) is 5.91 Å². The number of fused-ring (bicyclic) bond motifs is 1. The molecule has 4 nitrogen and oxygen atoms in total. The van der Waals surface area contributed by atoms with Crippen LogP contribution in [0.1, 0.15) is 34.8 Å². The number of carboxylic acids is 1. The lowest BCUT2D eigenvalue weighted by molar-refractivity contribution is -0.131. The number of nitrogens with zero attached hydrogens (tertiary/aromatic N) is 1. The topological polar surface area (TPSA) is 57.6 Å². The predicted molar refractivity (Wildman–Crippen MR) is 62.8 cm³/mol. The highest BCUT2D eigenvalue weighted by atomic mass is 16.4. The van der Waals surface area contributed by atoms with Gasteiger partial charge in [-0.15, -0.1) is 0 Å². The van der Waals surface area contributed by atoms with E-state index < -0.39 is 5.97 Å². The van der Waals surface area contributed by atoms with Crippen LogP contribution in [0.4, 0.5) is 0 Å². The second-order valence-electron chi connectivity index (χ2n) is 4.17. The van der Waals surface area contributed by atoms with Crippen LogP contribution in [0.15, 0.2) is 18.2 Å². The highest BCUT2D eigenvalue weighted by Crippen LogP contribution is 2.23. The molecule has 1 amide bonds. The van der Waals surface area contributed by atoms with Crippen molar-refractivity contribution in [1.29, 1.82) is 0 Å². The molecule has 0 saturated heterocycles. The van der Waals surface area contributed by atoms with E-state index in [1.165, 1.54) is 0 Å². The maximum Gasteiger partial charge on any atom is 0.335 e. The normalized spacial score (nSPS) is 14.3. The Kier molecular flexibility index (Phi) is 3.13. The van der Waals surface area contributed by atoms with Crippen LogP contribution in [0.3, 0.4) is 0 Å². The molecule has 1 heterocycles. The van der Waals surface area contributed by atoms with Crippen molar-refractivity contribution in [3.63, 3.8) is 0 Å². The lowest BCUT2D eigenvalue weighted by Gasteiger charge is -2.29. The highest BCUT2D eigenvalue weighted by Gasteiger charge is 2.23. The van der Waals surface area contributed by atoms with E-state index >= 15 is 0 Å². The van der Waals surface area contributed by atoms with Gasteiger partial charge in [0.15, 0.2) is 0 Å². The molecule has 1 aromatic rings. The molecule has 0 spiro atoms. The minimum atomic E-state index is -0.892. The Morgan fingerprint density at radius 3 is 2.82 bits per heavy atom. The quantitative estimate of drug-likeness (QED) is 0.845. The standard InChI is InChI=1S/C13H15NO3/c1-2-12(15)14-7-6-10-9(8-14)4-3-5-11(10)13(16)17/h3-5H,2,6-8H2,1H3,(H,16,17). The number of aromatic carboxylic acids is 1. The molecule has 0 fully saturated rings. The Hall–Kier alpha value is -1.84. The van der Waals surface area contributed by atoms with E-state index in [9.17, 15) is 9.59 Å². The second kappa shape index (κ2) is 4.57. The van der Waals surface area contributed by atoms with E-state index in [4.69, 9.17) is 5.11 Å². The maximum absolute atomic E-state index is 11.6. The summed E-state index contributed by atoms with van der Waals surface area (Å²) in [5.41, 5.74) is 2.20. The SMILES string of the molecule is CCC(=O)N1CCc2c(cccc2C(=O)O)C1. The van der Waals surface area contributed by atoms with Crippen molar-refractivity contribution >= 4 is 11.9 Å². The number of hydrogen-bond donors (Lipinski definition) is 1. The molecular formula is C13H15NO3. The first-order valence-corrected chi connectivity index (χ1v) is 5.75. The van der Waals surface area contributed by atoms with Crippen molar-refractivity contribution in [1.82, 2.24) is 4.90 Å². The Bertz CT molecular complexity index is 468. The average Bonchev–Trinajstić information content (AvgIpc) is 2.36. The highest BCUT2D eigenvalue weighted by molar-refractivity contribution is 5.90. The Morgan fingerprint density at radius 2 is 2.18 bits per heavy atom. The van der Waals surface area contributed by atoms with Crippen LogP contribution in [0.2, 0.25) is 0 Å². The number of rotatable bonds is 2. The number of hydrogen-bond acceptors (Lipinski definition) is 2. The van der Waals surface area contributed by atoms with Crippen LogP contribution in [0.25, 0.3) is 0 Å². The zero-order valence-electron chi connectivity index (χ0n) is 9.77. The molecule has 90 valence electrons. The smallest absolute Gasteiger partial charge is 0.335 e. The number of carboxylic acid groups (broad SMARTS) is 1. The molecule has 0 bridgehead atoms. The van der Waals surface area contributed by atoms with Crippen molar-refractivity contribution in [2.45, 2.75) is 26.3 Å². The van der Waals surface area contributed by atoms with Gasteiger partial charge in [0.25, 0.3) is 0 Å². The van der Waals surface area contributed by atoms with Crippen molar-refractivity contribution in [2.24, 2.45) is 0 Å². The molecule has 0 atom stereocenters. The van der Waals surface area contributed by atoms with Crippen molar-refractivity contribution in [3.05, 3.63) is 34.9 Å². The predicted octanol–water partition coefficient (Wildman–Crippen LogP) is 1.68. The Morgan fingerprint density at radius 1 is 1.41 bits per heavy atom. The Balaban J connectivity index is 2.31. The summed E-state index contributed by atoms with van der Waals surface area (Å²) in [6.07, 6.45) is 1.12. The van der Waals surface area contributed by atoms with Crippen LogP contribution in [-0.2, 0) is 17.8 Å². The van der Waals surface area contributed by atoms with Gasteiger partial charge in [0, 0.05) is 19.5 Å². The van der Waals surface area contributed by atoms with Crippen molar-refractivity contribution < 1.29 is 14.7 Å². The molecule has 0 radical (unpaired) electrons. The third kappa shape index (κ3) is 2.16. The minimum absolute atomic E-state index is 0.122. The zero-order chi connectivity index (χ0) is 12.4. The van der Waals surface area contributed by atoms with E-state index in [1.54, 1.807) is 17.0 Å². The number of carbonyl (C=O) groups is 2. The van der Waals surface area contributed by atoms with E-state index in [2.05, 4.69) is 0 Å². The molecular weight excluding hydrogens is 218 g/mol. The fraction of sp³-hybridized carbons (Fsp3) is 0.385. The molecule has 0 saturated carbocycles. The number of amides is 1. The average molecular weight is 233 g/mol. The summed E-state index contributed by atoms with van der Waals surface area (Å²) in [4.78, 5) is 24.5. The van der Waals surface area contributed by atoms with Crippen LogP contribution in [0.5, 0.6) is 0 Å². The fourth-order valence-electron chi connectivity index (χ4n) is 2.25. The second-order valence-corrected chi connectivity index (χ2v) is 4.17. The summed E-state index contributed by atoms with van der Waals surface area (Å²) in [6, 6.07) is 5.26. The van der Waals surface area contributed by atoms with Gasteiger partial charge in [-0.2, -0.15) is 0 Å². The lowest BCUT2D eigenvalue weighted by atomic mass is 9.94. The summed E-state index contributed by atoms with van der Waals surface area (Å²) in [5, 5.41) is 9.08. The van der Waals surface area contributed by atoms with Gasteiger partial charge < -0.3 is 10.0 Å². The van der Waals surface area contributed by atoms with Gasteiger partial charge in [-0.1, -0.05) is 19.1 Å². The van der Waals surface area contributed by atoms with Gasteiger partial charge in [0.05, 0.1) is 5.56 Å². The number of benzene rings is 1. The molecule has 4 heteroatoms. The minimum Gasteiger partial charge on any atom is -0.478 e. The zero-order valence-corrected chi connectivity index (χ0v) is 9.77. The molecule has 1 N–H and O–H groups in total. The molecule has 2 rings (SSSR count). The number of carbonyl (C=O) groups excluding carboxylic acids is 1. The van der Waals surface area contributed by atoms with E-state index in [0.29, 0.717) is 31.5 Å². The van der Waals surface area contributed by atoms with Crippen molar-refractivity contribution in [3.8, 4) is 0 Å². The van der Waals surface area contributed by atoms with E-state index in [-0.39, 0.29) is 5.91 Å². The summed E-state index contributed by atoms with van der Waals surface area (Å²) < 4.78 is 0. The largest absolute Gasteiger partial charge is 0.478 e. The van der Waals surface area contributed by atoms with Gasteiger partial charge >= 0.3 is 5.97 Å². The summed E-state index contributed by atoms with van der Waals surface area (Å²) >= 11 is 0. The maximum atomic E-state index is 11.6. The molecule has 0 aliphatic carbocycles. The van der Waals surface area contributed by atoms with E-state index in [0.717, 1.165) is 11.1 Å². The van der Waals surface area contributed by atoms with Crippen LogP contribution >= 0.6 is 0 Å². The third-order valence-corrected chi connectivity index (χ3v) is 3.15. The summed E-state index contributed by atoms with van der Waals surface area (Å²) in [7, 11) is 0. The molecule has 1 aliphatic heterocycles. The fourth-order valence-corrected chi connectivity index (χ4v) is 2.25. The molecule has 1 aliphatic rings. The van der Waals surface area contributed by atoms with Gasteiger partial charge in [0.1, 0.15) is 0 Å². The molecule has 17 heavy (non-hydrogen) atoms. The first kappa shape index (κ1) is 11.6. The van der Waals surface area contributed by atoms with Crippen LogP contribution in [0, 0.1) is 0 Å². The molecule has 1 aromatic carbocycles. The molecule has 0 unspecified atom stereocenters. The van der Waals surface area contributed by atoms with Crippen LogP contribution < -0.4 is 0 Å². The van der Waals surface area contributed by atoms with Crippen molar-refractivity contribution in [2.75, 3.05) is 6.54 Å². The third-order valence-electron chi connectivity index (χ3n) is 3.15. The molecule has 0 aromatic heterocycles. The summed E-state index contributed by atoms with van der Waals surface area (Å²) in [6.45, 7) is 2.98. The monoisotopic (exact) mass is 233 g/mol.